The van der Waals surface area contributed by atoms with Gasteiger partial charge in [0.15, 0.2) is 0 Å². The first-order valence-electron chi connectivity index (χ1n) is 12.2. The lowest BCUT2D eigenvalue weighted by atomic mass is 9.70. The Morgan fingerprint density at radius 3 is 2.79 bits per heavy atom. The predicted molar refractivity (Wildman–Crippen MR) is 131 cm³/mol. The molecular formula is C27H31ClN4O. The molecule has 6 rings (SSSR count). The summed E-state index contributed by atoms with van der Waals surface area (Å²) in [5.41, 5.74) is 3.62. The van der Waals surface area contributed by atoms with Gasteiger partial charge in [-0.1, -0.05) is 61.7 Å². The molecule has 1 aromatic carbocycles. The van der Waals surface area contributed by atoms with Crippen LogP contribution >= 0.6 is 11.6 Å². The van der Waals surface area contributed by atoms with Crippen LogP contribution in [0.2, 0.25) is 5.02 Å². The number of likely N-dealkylation sites (tertiary alicyclic amines) is 1. The van der Waals surface area contributed by atoms with E-state index in [1.165, 1.54) is 24.8 Å². The molecule has 0 unspecified atom stereocenters. The van der Waals surface area contributed by atoms with E-state index in [2.05, 4.69) is 52.5 Å². The number of carbonyl (C=O) groups is 1. The summed E-state index contributed by atoms with van der Waals surface area (Å²) in [4.78, 5) is 21.3. The highest BCUT2D eigenvalue weighted by Crippen LogP contribution is 2.52. The van der Waals surface area contributed by atoms with Gasteiger partial charge in [-0.3, -0.25) is 9.20 Å². The number of amides is 1. The largest absolute Gasteiger partial charge is 0.329 e. The van der Waals surface area contributed by atoms with Crippen molar-refractivity contribution in [2.75, 3.05) is 0 Å². The number of piperidine rings is 1. The van der Waals surface area contributed by atoms with Crippen LogP contribution in [-0.2, 0) is 6.42 Å². The summed E-state index contributed by atoms with van der Waals surface area (Å²) in [5.74, 6) is 0.100. The summed E-state index contributed by atoms with van der Waals surface area (Å²) in [7, 11) is 0. The second kappa shape index (κ2) is 7.85. The van der Waals surface area contributed by atoms with Crippen LogP contribution in [0.5, 0.6) is 0 Å². The first kappa shape index (κ1) is 21.2. The van der Waals surface area contributed by atoms with Crippen molar-refractivity contribution in [3.63, 3.8) is 0 Å². The number of nitrogens with one attached hydrogen (secondary N) is 1. The van der Waals surface area contributed by atoms with Crippen molar-refractivity contribution in [2.24, 2.45) is 5.41 Å². The fourth-order valence-corrected chi connectivity index (χ4v) is 7.10. The van der Waals surface area contributed by atoms with Gasteiger partial charge in [-0.2, -0.15) is 0 Å². The highest BCUT2D eigenvalue weighted by atomic mass is 35.5. The van der Waals surface area contributed by atoms with E-state index in [1.54, 1.807) is 0 Å². The molecular weight excluding hydrogens is 432 g/mol. The van der Waals surface area contributed by atoms with E-state index in [9.17, 15) is 4.79 Å². The summed E-state index contributed by atoms with van der Waals surface area (Å²) >= 11 is 6.31. The minimum Gasteiger partial charge on any atom is -0.329 e. The third-order valence-electron chi connectivity index (χ3n) is 8.49. The van der Waals surface area contributed by atoms with Crippen molar-refractivity contribution in [1.82, 2.24) is 19.6 Å². The number of aromatic nitrogens is 2. The summed E-state index contributed by atoms with van der Waals surface area (Å²) in [6.45, 7) is 4.35. The Bertz CT molecular complexity index is 1210. The molecule has 0 radical (unpaired) electrons. The summed E-state index contributed by atoms with van der Waals surface area (Å²) in [5, 5.41) is 4.64. The molecule has 2 bridgehead atoms. The van der Waals surface area contributed by atoms with Crippen molar-refractivity contribution in [3.05, 3.63) is 70.6 Å². The van der Waals surface area contributed by atoms with Gasteiger partial charge in [0.1, 0.15) is 11.3 Å². The van der Waals surface area contributed by atoms with E-state index in [-0.39, 0.29) is 29.4 Å². The zero-order valence-electron chi connectivity index (χ0n) is 19.3. The summed E-state index contributed by atoms with van der Waals surface area (Å²) in [6, 6.07) is 15.5. The normalized spacial score (nSPS) is 31.1. The Labute approximate surface area is 200 Å². The zero-order chi connectivity index (χ0) is 22.7. The van der Waals surface area contributed by atoms with Gasteiger partial charge < -0.3 is 10.2 Å². The van der Waals surface area contributed by atoms with Gasteiger partial charge in [0, 0.05) is 35.8 Å². The number of nitrogens with zero attached hydrogens (tertiary/aromatic N) is 3. The number of pyridine rings is 1. The van der Waals surface area contributed by atoms with Gasteiger partial charge in [0.2, 0.25) is 0 Å². The quantitative estimate of drug-likeness (QED) is 0.593. The molecule has 1 amide bonds. The molecule has 33 heavy (non-hydrogen) atoms. The van der Waals surface area contributed by atoms with Crippen LogP contribution < -0.4 is 5.32 Å². The fraction of sp³-hybridized carbons (Fsp3) is 0.481. The number of imidazole rings is 1. The Kier molecular flexibility index (Phi) is 5.04. The van der Waals surface area contributed by atoms with Gasteiger partial charge in [-0.05, 0) is 50.3 Å². The topological polar surface area (TPSA) is 49.6 Å². The van der Waals surface area contributed by atoms with Crippen LogP contribution in [-0.4, -0.2) is 44.4 Å². The van der Waals surface area contributed by atoms with Gasteiger partial charge in [0.25, 0.3) is 5.91 Å². The lowest BCUT2D eigenvalue weighted by Crippen LogP contribution is -2.57. The second-order valence-electron chi connectivity index (χ2n) is 10.4. The molecule has 4 heterocycles. The van der Waals surface area contributed by atoms with Crippen LogP contribution in [0.25, 0.3) is 5.65 Å². The molecule has 5 nitrogen and oxygen atoms in total. The van der Waals surface area contributed by atoms with Crippen LogP contribution in [0, 0.1) is 12.3 Å². The van der Waals surface area contributed by atoms with Crippen LogP contribution in [0.1, 0.15) is 60.8 Å². The molecule has 1 N–H and O–H groups in total. The maximum Gasteiger partial charge on any atom is 0.273 e. The number of rotatable bonds is 3. The molecule has 0 spiro atoms. The molecule has 5 atom stereocenters. The molecule has 2 aromatic heterocycles. The van der Waals surface area contributed by atoms with Crippen LogP contribution in [0.15, 0.2) is 48.7 Å². The first-order valence-corrected chi connectivity index (χ1v) is 12.6. The monoisotopic (exact) mass is 462 g/mol. The van der Waals surface area contributed by atoms with Gasteiger partial charge >= 0.3 is 0 Å². The molecule has 3 aliphatic rings. The summed E-state index contributed by atoms with van der Waals surface area (Å²) in [6.07, 6.45) is 8.49. The lowest BCUT2D eigenvalue weighted by Gasteiger charge is -2.43. The molecule has 2 saturated heterocycles. The van der Waals surface area contributed by atoms with Crippen LogP contribution in [0.3, 0.4) is 0 Å². The number of fused-ring (bicyclic) bond motifs is 2. The average Bonchev–Trinajstić information content (AvgIpc) is 3.20. The lowest BCUT2D eigenvalue weighted by molar-refractivity contribution is 0.0604. The Morgan fingerprint density at radius 2 is 1.97 bits per heavy atom. The number of aryl methyl sites for hydroxylation is 1. The highest BCUT2D eigenvalue weighted by Gasteiger charge is 2.60. The molecule has 1 saturated carbocycles. The Balaban J connectivity index is 1.44. The number of benzene rings is 1. The summed E-state index contributed by atoms with van der Waals surface area (Å²) < 4.78 is 1.89. The van der Waals surface area contributed by atoms with Crippen molar-refractivity contribution < 1.29 is 4.79 Å². The highest BCUT2D eigenvalue weighted by molar-refractivity contribution is 6.30. The number of halogens is 1. The van der Waals surface area contributed by atoms with Crippen molar-refractivity contribution in [2.45, 2.75) is 76.5 Å². The number of hydrogen-bond acceptors (Lipinski definition) is 3. The fourth-order valence-electron chi connectivity index (χ4n) is 6.94. The maximum atomic E-state index is 14.3. The molecule has 2 aliphatic heterocycles. The van der Waals surface area contributed by atoms with E-state index in [1.807, 2.05) is 29.7 Å². The third-order valence-corrected chi connectivity index (χ3v) is 8.72. The van der Waals surface area contributed by atoms with E-state index in [0.717, 1.165) is 30.6 Å². The molecule has 6 heteroatoms. The van der Waals surface area contributed by atoms with Gasteiger partial charge in [-0.25, -0.2) is 4.98 Å². The number of carbonyl (C=O) groups excluding carboxylic acids is 1. The van der Waals surface area contributed by atoms with Gasteiger partial charge in [0.05, 0.1) is 10.7 Å². The van der Waals surface area contributed by atoms with E-state index in [4.69, 9.17) is 11.6 Å². The smallest absolute Gasteiger partial charge is 0.273 e. The molecule has 172 valence electrons. The predicted octanol–water partition coefficient (Wildman–Crippen LogP) is 5.04. The Morgan fingerprint density at radius 1 is 1.18 bits per heavy atom. The SMILES string of the molecule is Cc1nc2ccc(Cl)cn2c1C(=O)N1[C@H]2CCCC[C@H]3N[C@@H](Cc4ccccc4)[C@@H]1C[C@@]23C. The third kappa shape index (κ3) is 3.31. The van der Waals surface area contributed by atoms with Crippen molar-refractivity contribution >= 4 is 23.2 Å². The van der Waals surface area contributed by atoms with E-state index < -0.39 is 0 Å². The average molecular weight is 463 g/mol. The van der Waals surface area contributed by atoms with E-state index in [0.29, 0.717) is 16.8 Å². The molecule has 3 aromatic rings. The van der Waals surface area contributed by atoms with Crippen LogP contribution in [0.4, 0.5) is 0 Å². The molecule has 1 aliphatic carbocycles. The maximum absolute atomic E-state index is 14.3. The first-order chi connectivity index (χ1) is 16.0. The van der Waals surface area contributed by atoms with Crippen molar-refractivity contribution in [3.8, 4) is 0 Å². The Hall–Kier alpha value is -2.37. The van der Waals surface area contributed by atoms with E-state index >= 15 is 0 Å². The minimum atomic E-state index is 0.100. The zero-order valence-corrected chi connectivity index (χ0v) is 20.1. The van der Waals surface area contributed by atoms with Gasteiger partial charge in [-0.15, -0.1) is 0 Å². The molecule has 3 fully saturated rings. The van der Waals surface area contributed by atoms with Crippen molar-refractivity contribution in [1.29, 1.82) is 0 Å². The second-order valence-corrected chi connectivity index (χ2v) is 10.9. The standard InChI is InChI=1S/C27H31ClN4O/c1-17-25(31-16-19(28)12-13-24(31)29-17)26(33)32-21-15-27(2)22(10-6-7-11-23(27)32)30-20(21)14-18-8-4-3-5-9-18/h3-5,8-9,12-13,16,20-23,30H,6-7,10-11,14-15H2,1-2H3/t20-,21-,22+,23-,27+/m0/s1. The minimum absolute atomic E-state index is 0.100. The number of hydrogen-bond donors (Lipinski definition) is 1.